The van der Waals surface area contributed by atoms with Crippen molar-refractivity contribution in [1.29, 1.82) is 0 Å². The van der Waals surface area contributed by atoms with Gasteiger partial charge in [0.05, 0.1) is 5.60 Å². The third-order valence-corrected chi connectivity index (χ3v) is 4.02. The molecule has 0 aromatic heterocycles. The number of fused-ring (bicyclic) bond motifs is 1. The highest BCUT2D eigenvalue weighted by molar-refractivity contribution is 5.40. The van der Waals surface area contributed by atoms with Gasteiger partial charge in [0.2, 0.25) is 0 Å². The van der Waals surface area contributed by atoms with Gasteiger partial charge in [-0.25, -0.2) is 0 Å². The van der Waals surface area contributed by atoms with Gasteiger partial charge in [0.25, 0.3) is 0 Å². The Hall–Kier alpha value is -0.860. The van der Waals surface area contributed by atoms with E-state index >= 15 is 0 Å². The molecule has 2 heteroatoms. The fourth-order valence-corrected chi connectivity index (χ4v) is 3.12. The average molecular weight is 219 g/mol. The largest absolute Gasteiger partial charge is 0.385 e. The van der Waals surface area contributed by atoms with Gasteiger partial charge < -0.3 is 10.8 Å². The van der Waals surface area contributed by atoms with Crippen LogP contribution < -0.4 is 5.73 Å². The second-order valence-corrected chi connectivity index (χ2v) is 4.84. The Morgan fingerprint density at radius 3 is 2.62 bits per heavy atom. The molecule has 0 saturated heterocycles. The highest BCUT2D eigenvalue weighted by Gasteiger charge is 2.44. The average Bonchev–Trinajstić information content (AvgIpc) is 2.55. The first-order chi connectivity index (χ1) is 7.63. The van der Waals surface area contributed by atoms with Crippen LogP contribution in [0, 0.1) is 5.92 Å². The summed E-state index contributed by atoms with van der Waals surface area (Å²) in [7, 11) is 0. The smallest absolute Gasteiger partial charge is 0.0945 e. The third-order valence-electron chi connectivity index (χ3n) is 4.02. The molecule has 16 heavy (non-hydrogen) atoms. The van der Waals surface area contributed by atoms with Gasteiger partial charge in [-0.3, -0.25) is 0 Å². The highest BCUT2D eigenvalue weighted by Crippen LogP contribution is 2.48. The maximum atomic E-state index is 10.9. The highest BCUT2D eigenvalue weighted by atomic mass is 16.3. The van der Waals surface area contributed by atoms with Crippen LogP contribution in [0.3, 0.4) is 0 Å². The lowest BCUT2D eigenvalue weighted by Gasteiger charge is -2.32. The molecule has 2 atom stereocenters. The Bertz CT molecular complexity index is 373. The van der Waals surface area contributed by atoms with Gasteiger partial charge in [-0.15, -0.1) is 0 Å². The van der Waals surface area contributed by atoms with Gasteiger partial charge in [0.15, 0.2) is 0 Å². The van der Waals surface area contributed by atoms with E-state index in [1.165, 1.54) is 0 Å². The van der Waals surface area contributed by atoms with Gasteiger partial charge in [0.1, 0.15) is 0 Å². The molecule has 0 spiro atoms. The number of benzene rings is 1. The standard InChI is InChI=1S/C14H21NO/c1-3-10(4-2)14(16)9-13(15)11-7-5-6-8-12(11)14/h5-8,10,13,16H,3-4,9,15H2,1-2H3. The van der Waals surface area contributed by atoms with Gasteiger partial charge in [-0.1, -0.05) is 51.0 Å². The minimum Gasteiger partial charge on any atom is -0.385 e. The van der Waals surface area contributed by atoms with Crippen LogP contribution in [-0.4, -0.2) is 5.11 Å². The van der Waals surface area contributed by atoms with E-state index in [-0.39, 0.29) is 6.04 Å². The molecule has 1 aromatic carbocycles. The summed E-state index contributed by atoms with van der Waals surface area (Å²) in [6.45, 7) is 4.27. The third kappa shape index (κ3) is 1.57. The molecule has 0 radical (unpaired) electrons. The van der Waals surface area contributed by atoms with Crippen molar-refractivity contribution in [3.05, 3.63) is 35.4 Å². The van der Waals surface area contributed by atoms with Crippen molar-refractivity contribution in [2.75, 3.05) is 0 Å². The van der Waals surface area contributed by atoms with E-state index in [1.54, 1.807) is 0 Å². The zero-order valence-electron chi connectivity index (χ0n) is 10.1. The molecule has 0 heterocycles. The molecular formula is C14H21NO. The van der Waals surface area contributed by atoms with Crippen LogP contribution in [0.5, 0.6) is 0 Å². The molecular weight excluding hydrogens is 198 g/mol. The summed E-state index contributed by atoms with van der Waals surface area (Å²) in [6, 6.07) is 8.05. The number of rotatable bonds is 3. The molecule has 0 saturated carbocycles. The summed E-state index contributed by atoms with van der Waals surface area (Å²) in [6.07, 6.45) is 2.65. The second-order valence-electron chi connectivity index (χ2n) is 4.84. The van der Waals surface area contributed by atoms with Crippen molar-refractivity contribution in [2.24, 2.45) is 11.7 Å². The summed E-state index contributed by atoms with van der Waals surface area (Å²) in [5.41, 5.74) is 7.57. The van der Waals surface area contributed by atoms with Gasteiger partial charge in [-0.05, 0) is 23.5 Å². The number of aliphatic hydroxyl groups is 1. The maximum Gasteiger partial charge on any atom is 0.0945 e. The van der Waals surface area contributed by atoms with E-state index in [4.69, 9.17) is 5.73 Å². The zero-order chi connectivity index (χ0) is 11.8. The molecule has 2 rings (SSSR count). The summed E-state index contributed by atoms with van der Waals surface area (Å²) >= 11 is 0. The van der Waals surface area contributed by atoms with Crippen molar-refractivity contribution in [3.63, 3.8) is 0 Å². The quantitative estimate of drug-likeness (QED) is 0.821. The van der Waals surface area contributed by atoms with E-state index in [0.717, 1.165) is 24.0 Å². The Labute approximate surface area is 97.5 Å². The summed E-state index contributed by atoms with van der Waals surface area (Å²) in [5.74, 6) is 0.308. The Morgan fingerprint density at radius 1 is 1.38 bits per heavy atom. The van der Waals surface area contributed by atoms with Gasteiger partial charge >= 0.3 is 0 Å². The topological polar surface area (TPSA) is 46.2 Å². The summed E-state index contributed by atoms with van der Waals surface area (Å²) in [4.78, 5) is 0. The van der Waals surface area contributed by atoms with E-state index in [0.29, 0.717) is 12.3 Å². The minimum absolute atomic E-state index is 0.0122. The van der Waals surface area contributed by atoms with Crippen molar-refractivity contribution in [1.82, 2.24) is 0 Å². The molecule has 1 aliphatic carbocycles. The van der Waals surface area contributed by atoms with Crippen LogP contribution in [0.25, 0.3) is 0 Å². The monoisotopic (exact) mass is 219 g/mol. The van der Waals surface area contributed by atoms with E-state index < -0.39 is 5.60 Å². The SMILES string of the molecule is CCC(CC)C1(O)CC(N)c2ccccc21. The first-order valence-electron chi connectivity index (χ1n) is 6.20. The van der Waals surface area contributed by atoms with E-state index in [2.05, 4.69) is 13.8 Å². The Balaban J connectivity index is 2.45. The molecule has 0 aliphatic heterocycles. The van der Waals surface area contributed by atoms with Crippen LogP contribution in [0.1, 0.15) is 50.3 Å². The van der Waals surface area contributed by atoms with Crippen LogP contribution >= 0.6 is 0 Å². The van der Waals surface area contributed by atoms with Crippen LogP contribution in [0.4, 0.5) is 0 Å². The molecule has 3 N–H and O–H groups in total. The van der Waals surface area contributed by atoms with Crippen molar-refractivity contribution >= 4 is 0 Å². The van der Waals surface area contributed by atoms with Gasteiger partial charge in [0, 0.05) is 6.04 Å². The number of nitrogens with two attached hydrogens (primary N) is 1. The molecule has 2 nitrogen and oxygen atoms in total. The van der Waals surface area contributed by atoms with Crippen LogP contribution in [0.2, 0.25) is 0 Å². The Morgan fingerprint density at radius 2 is 2.00 bits per heavy atom. The van der Waals surface area contributed by atoms with E-state index in [9.17, 15) is 5.11 Å². The zero-order valence-corrected chi connectivity index (χ0v) is 10.1. The summed E-state index contributed by atoms with van der Waals surface area (Å²) < 4.78 is 0. The van der Waals surface area contributed by atoms with Gasteiger partial charge in [-0.2, -0.15) is 0 Å². The molecule has 1 aliphatic rings. The lowest BCUT2D eigenvalue weighted by Crippen LogP contribution is -2.32. The fourth-order valence-electron chi connectivity index (χ4n) is 3.12. The molecule has 2 unspecified atom stereocenters. The number of hydrogen-bond acceptors (Lipinski definition) is 2. The first kappa shape index (κ1) is 11.6. The fraction of sp³-hybridized carbons (Fsp3) is 0.571. The lowest BCUT2D eigenvalue weighted by molar-refractivity contribution is -0.0296. The van der Waals surface area contributed by atoms with E-state index in [1.807, 2.05) is 24.3 Å². The maximum absolute atomic E-state index is 10.9. The van der Waals surface area contributed by atoms with Crippen LogP contribution in [0.15, 0.2) is 24.3 Å². The van der Waals surface area contributed by atoms with Crippen molar-refractivity contribution in [2.45, 2.75) is 44.8 Å². The molecule has 88 valence electrons. The second kappa shape index (κ2) is 4.19. The molecule has 0 bridgehead atoms. The Kier molecular flexibility index (Phi) is 3.04. The summed E-state index contributed by atoms with van der Waals surface area (Å²) in [5, 5.41) is 10.9. The molecule has 0 fully saturated rings. The minimum atomic E-state index is -0.709. The molecule has 0 amide bonds. The lowest BCUT2D eigenvalue weighted by atomic mass is 9.79. The van der Waals surface area contributed by atoms with Crippen molar-refractivity contribution < 1.29 is 5.11 Å². The normalized spacial score (nSPS) is 28.4. The van der Waals surface area contributed by atoms with Crippen LogP contribution in [-0.2, 0) is 5.60 Å². The number of hydrogen-bond donors (Lipinski definition) is 2. The van der Waals surface area contributed by atoms with Crippen molar-refractivity contribution in [3.8, 4) is 0 Å². The predicted molar refractivity (Wildman–Crippen MR) is 66.0 cm³/mol. The predicted octanol–water partition coefficient (Wildman–Crippen LogP) is 2.71. The first-order valence-corrected chi connectivity index (χ1v) is 6.20. The molecule has 1 aromatic rings.